The number of carbonyl (C=O) groups excluding carboxylic acids is 1. The van der Waals surface area contributed by atoms with E-state index < -0.39 is 17.9 Å². The topological polar surface area (TPSA) is 105 Å². The van der Waals surface area contributed by atoms with Crippen LogP contribution in [0.25, 0.3) is 11.1 Å². The van der Waals surface area contributed by atoms with Gasteiger partial charge < -0.3 is 16.2 Å². The number of halogens is 2. The van der Waals surface area contributed by atoms with Crippen LogP contribution in [0.15, 0.2) is 54.0 Å². The Morgan fingerprint density at radius 3 is 2.58 bits per heavy atom. The van der Waals surface area contributed by atoms with Gasteiger partial charge in [0.05, 0.1) is 17.7 Å². The highest BCUT2D eigenvalue weighted by Crippen LogP contribution is 2.26. The van der Waals surface area contributed by atoms with Crippen molar-refractivity contribution in [3.63, 3.8) is 0 Å². The predicted octanol–water partition coefficient (Wildman–Crippen LogP) is 3.99. The Morgan fingerprint density at radius 1 is 1.23 bits per heavy atom. The Balaban J connectivity index is 1.78. The third-order valence-electron chi connectivity index (χ3n) is 4.91. The van der Waals surface area contributed by atoms with E-state index in [9.17, 15) is 19.1 Å². The smallest absolute Gasteiger partial charge is 0.307 e. The zero-order chi connectivity index (χ0) is 22.4. The molecule has 0 saturated carbocycles. The highest BCUT2D eigenvalue weighted by molar-refractivity contribution is 7.03. The Labute approximate surface area is 188 Å². The maximum Gasteiger partial charge on any atom is 0.307 e. The molecule has 0 radical (unpaired) electrons. The number of carboxylic acids is 1. The van der Waals surface area contributed by atoms with Crippen molar-refractivity contribution >= 4 is 35.0 Å². The van der Waals surface area contributed by atoms with E-state index in [4.69, 9.17) is 17.3 Å². The van der Waals surface area contributed by atoms with Crippen molar-refractivity contribution < 1.29 is 19.1 Å². The van der Waals surface area contributed by atoms with Gasteiger partial charge in [0.15, 0.2) is 0 Å². The van der Waals surface area contributed by atoms with Crippen molar-refractivity contribution in [1.82, 2.24) is 9.69 Å². The third kappa shape index (κ3) is 6.10. The summed E-state index contributed by atoms with van der Waals surface area (Å²) in [5, 5.41) is 14.3. The number of nitrogens with two attached hydrogens (primary N) is 1. The summed E-state index contributed by atoms with van der Waals surface area (Å²) in [4.78, 5) is 23.9. The lowest BCUT2D eigenvalue weighted by atomic mass is 9.93. The van der Waals surface area contributed by atoms with Gasteiger partial charge in [0.25, 0.3) is 5.91 Å². The van der Waals surface area contributed by atoms with Gasteiger partial charge in [0, 0.05) is 28.6 Å². The number of carboxylic acid groups (broad SMARTS) is 1. The molecular weight excluding hydrogens is 441 g/mol. The molecule has 3 aromatic rings. The summed E-state index contributed by atoms with van der Waals surface area (Å²) in [6, 6.07) is 11.1. The number of amides is 1. The SMILES string of the molecule is NCC(CC(Cc1ccc(-c2cc(Cl)ccc2F)cc1)NC(=O)c1cnsc1)C(=O)O. The van der Waals surface area contributed by atoms with Gasteiger partial charge in [0.1, 0.15) is 5.82 Å². The van der Waals surface area contributed by atoms with Crippen molar-refractivity contribution in [2.75, 3.05) is 6.54 Å². The van der Waals surface area contributed by atoms with E-state index in [2.05, 4.69) is 9.69 Å². The molecule has 6 nitrogen and oxygen atoms in total. The largest absolute Gasteiger partial charge is 0.481 e. The summed E-state index contributed by atoms with van der Waals surface area (Å²) in [5.74, 6) is -2.49. The molecule has 2 aromatic carbocycles. The molecule has 9 heteroatoms. The van der Waals surface area contributed by atoms with Crippen LogP contribution in [-0.2, 0) is 11.2 Å². The molecule has 2 atom stereocenters. The summed E-state index contributed by atoms with van der Waals surface area (Å²) in [5.41, 5.74) is 7.94. The van der Waals surface area contributed by atoms with Crippen LogP contribution in [-0.4, -0.2) is 33.9 Å². The van der Waals surface area contributed by atoms with Crippen molar-refractivity contribution in [2.45, 2.75) is 18.9 Å². The first-order valence-corrected chi connectivity index (χ1v) is 10.8. The molecular formula is C22H21ClFN3O3S. The van der Waals surface area contributed by atoms with E-state index in [0.29, 0.717) is 28.1 Å². The van der Waals surface area contributed by atoms with Crippen LogP contribution in [0.5, 0.6) is 0 Å². The molecule has 0 bridgehead atoms. The van der Waals surface area contributed by atoms with Gasteiger partial charge in [-0.25, -0.2) is 8.76 Å². The molecule has 1 aromatic heterocycles. The average Bonchev–Trinajstić information content (AvgIpc) is 3.29. The van der Waals surface area contributed by atoms with E-state index in [0.717, 1.165) is 17.1 Å². The van der Waals surface area contributed by atoms with Gasteiger partial charge in [-0.3, -0.25) is 9.59 Å². The minimum absolute atomic E-state index is 0.0330. The zero-order valence-electron chi connectivity index (χ0n) is 16.4. The molecule has 0 spiro atoms. The maximum atomic E-state index is 14.1. The van der Waals surface area contributed by atoms with Crippen LogP contribution < -0.4 is 11.1 Å². The first kappa shape index (κ1) is 22.9. The summed E-state index contributed by atoms with van der Waals surface area (Å²) in [6.45, 7) is -0.0330. The standard InChI is InChI=1S/C22H21ClFN3O3S/c23-17-5-6-20(24)19(9-17)14-3-1-13(2-4-14)7-18(8-15(10-25)22(29)30)27-21(28)16-11-26-31-12-16/h1-6,9,11-12,15,18H,7-8,10,25H2,(H,27,28)(H,29,30). The van der Waals surface area contributed by atoms with Gasteiger partial charge in [-0.15, -0.1) is 0 Å². The van der Waals surface area contributed by atoms with Crippen LogP contribution in [0.3, 0.4) is 0 Å². The molecule has 1 amide bonds. The molecule has 2 unspecified atom stereocenters. The van der Waals surface area contributed by atoms with E-state index in [1.165, 1.54) is 18.3 Å². The van der Waals surface area contributed by atoms with Gasteiger partial charge in [-0.05, 0) is 53.7 Å². The Bertz CT molecular complexity index is 1040. The highest BCUT2D eigenvalue weighted by atomic mass is 35.5. The number of carbonyl (C=O) groups is 2. The highest BCUT2D eigenvalue weighted by Gasteiger charge is 2.23. The number of benzene rings is 2. The average molecular weight is 462 g/mol. The van der Waals surface area contributed by atoms with E-state index in [-0.39, 0.29) is 24.7 Å². The van der Waals surface area contributed by atoms with Crippen LogP contribution in [0, 0.1) is 11.7 Å². The van der Waals surface area contributed by atoms with Crippen LogP contribution >= 0.6 is 23.1 Å². The first-order chi connectivity index (χ1) is 14.9. The van der Waals surface area contributed by atoms with Gasteiger partial charge in [0.2, 0.25) is 0 Å². The van der Waals surface area contributed by atoms with E-state index in [1.807, 2.05) is 12.1 Å². The van der Waals surface area contributed by atoms with Crippen molar-refractivity contribution in [3.8, 4) is 11.1 Å². The van der Waals surface area contributed by atoms with Crippen LogP contribution in [0.1, 0.15) is 22.3 Å². The number of aliphatic carboxylic acids is 1. The Hall–Kier alpha value is -2.81. The zero-order valence-corrected chi connectivity index (χ0v) is 18.0. The van der Waals surface area contributed by atoms with Crippen LogP contribution in [0.4, 0.5) is 4.39 Å². The Morgan fingerprint density at radius 2 is 1.97 bits per heavy atom. The second-order valence-corrected chi connectivity index (χ2v) is 8.21. The van der Waals surface area contributed by atoms with Crippen molar-refractivity contribution in [2.24, 2.45) is 11.7 Å². The Kier molecular flexibility index (Phi) is 7.73. The number of hydrogen-bond acceptors (Lipinski definition) is 5. The molecule has 0 saturated heterocycles. The third-order valence-corrected chi connectivity index (χ3v) is 5.73. The van der Waals surface area contributed by atoms with Crippen molar-refractivity contribution in [1.29, 1.82) is 0 Å². The molecule has 1 heterocycles. The summed E-state index contributed by atoms with van der Waals surface area (Å²) < 4.78 is 18.0. The number of hydrogen-bond donors (Lipinski definition) is 3. The quantitative estimate of drug-likeness (QED) is 0.446. The fourth-order valence-corrected chi connectivity index (χ4v) is 3.93. The minimum atomic E-state index is -1.01. The monoisotopic (exact) mass is 461 g/mol. The molecule has 0 aliphatic heterocycles. The summed E-state index contributed by atoms with van der Waals surface area (Å²) in [6.07, 6.45) is 2.04. The minimum Gasteiger partial charge on any atom is -0.481 e. The second kappa shape index (κ2) is 10.5. The maximum absolute atomic E-state index is 14.1. The lowest BCUT2D eigenvalue weighted by Gasteiger charge is -2.22. The van der Waals surface area contributed by atoms with Gasteiger partial charge in [-0.2, -0.15) is 0 Å². The lowest BCUT2D eigenvalue weighted by molar-refractivity contribution is -0.141. The predicted molar refractivity (Wildman–Crippen MR) is 119 cm³/mol. The first-order valence-electron chi connectivity index (χ1n) is 9.55. The summed E-state index contributed by atoms with van der Waals surface area (Å²) >= 11 is 7.14. The molecule has 0 aliphatic rings. The van der Waals surface area contributed by atoms with Crippen molar-refractivity contribution in [3.05, 3.63) is 76.0 Å². The number of nitrogens with one attached hydrogen (secondary N) is 1. The molecule has 162 valence electrons. The number of nitrogens with zero attached hydrogens (tertiary/aromatic N) is 1. The number of aromatic nitrogens is 1. The summed E-state index contributed by atoms with van der Waals surface area (Å²) in [7, 11) is 0. The molecule has 3 rings (SSSR count). The van der Waals surface area contributed by atoms with Gasteiger partial charge in [-0.1, -0.05) is 35.9 Å². The van der Waals surface area contributed by atoms with Crippen LogP contribution in [0.2, 0.25) is 5.02 Å². The molecule has 0 fully saturated rings. The molecule has 4 N–H and O–H groups in total. The number of rotatable bonds is 9. The normalized spacial score (nSPS) is 12.9. The fraction of sp³-hybridized carbons (Fsp3) is 0.227. The lowest BCUT2D eigenvalue weighted by Crippen LogP contribution is -2.40. The fourth-order valence-electron chi connectivity index (χ4n) is 3.24. The molecule has 0 aliphatic carbocycles. The second-order valence-electron chi connectivity index (χ2n) is 7.12. The molecule has 31 heavy (non-hydrogen) atoms. The van der Waals surface area contributed by atoms with E-state index >= 15 is 0 Å². The van der Waals surface area contributed by atoms with E-state index in [1.54, 1.807) is 23.6 Å². The van der Waals surface area contributed by atoms with Gasteiger partial charge >= 0.3 is 5.97 Å².